The van der Waals surface area contributed by atoms with Gasteiger partial charge in [-0.15, -0.1) is 0 Å². The molecule has 1 fully saturated rings. The summed E-state index contributed by atoms with van der Waals surface area (Å²) >= 11 is 0. The summed E-state index contributed by atoms with van der Waals surface area (Å²) in [5.41, 5.74) is 3.88. The fraction of sp³-hybridized carbons (Fsp3) is 0.480. The number of carbonyl (C=O) groups excluding carboxylic acids is 1. The van der Waals surface area contributed by atoms with Gasteiger partial charge in [0.15, 0.2) is 6.61 Å². The van der Waals surface area contributed by atoms with Gasteiger partial charge >= 0.3 is 0 Å². The number of amides is 1. The number of hydrogen-bond donors (Lipinski definition) is 3. The minimum Gasteiger partial charge on any atom is -0.483 e. The van der Waals surface area contributed by atoms with Gasteiger partial charge in [-0.1, -0.05) is 42.5 Å². The van der Waals surface area contributed by atoms with Crippen LogP contribution in [0, 0.1) is 0 Å². The van der Waals surface area contributed by atoms with Crippen LogP contribution in [0.15, 0.2) is 48.5 Å². The Kier molecular flexibility index (Phi) is 7.57. The molecule has 0 bridgehead atoms. The highest BCUT2D eigenvalue weighted by Crippen LogP contribution is 2.30. The quantitative estimate of drug-likeness (QED) is 0.606. The molecule has 1 amide bonds. The van der Waals surface area contributed by atoms with E-state index in [0.29, 0.717) is 12.5 Å². The Morgan fingerprint density at radius 2 is 2.00 bits per heavy atom. The lowest BCUT2D eigenvalue weighted by atomic mass is 9.91. The maximum Gasteiger partial charge on any atom is 0.258 e. The van der Waals surface area contributed by atoms with Gasteiger partial charge in [-0.2, -0.15) is 0 Å². The average molecular weight is 424 g/mol. The molecule has 6 nitrogen and oxygen atoms in total. The zero-order valence-electron chi connectivity index (χ0n) is 18.1. The molecule has 2 heterocycles. The SMILES string of the molecule is O=C(COc1ccccc1[C@H]1CCCNC1)NC[C@H](O)CN1CCc2ccccc2C1. The number of fused-ring (bicyclic) bond motifs is 1. The van der Waals surface area contributed by atoms with E-state index in [-0.39, 0.29) is 19.1 Å². The summed E-state index contributed by atoms with van der Waals surface area (Å²) in [6.45, 7) is 4.52. The molecule has 0 spiro atoms. The molecule has 0 aliphatic carbocycles. The van der Waals surface area contributed by atoms with Gasteiger partial charge in [0, 0.05) is 38.6 Å². The van der Waals surface area contributed by atoms with Crippen LogP contribution < -0.4 is 15.4 Å². The fourth-order valence-electron chi connectivity index (χ4n) is 4.57. The van der Waals surface area contributed by atoms with E-state index in [1.54, 1.807) is 0 Å². The molecular weight excluding hydrogens is 390 g/mol. The molecule has 166 valence electrons. The highest BCUT2D eigenvalue weighted by Gasteiger charge is 2.20. The van der Waals surface area contributed by atoms with Crippen molar-refractivity contribution < 1.29 is 14.6 Å². The van der Waals surface area contributed by atoms with E-state index in [2.05, 4.69) is 45.9 Å². The number of para-hydroxylation sites is 1. The molecule has 2 atom stereocenters. The number of piperidine rings is 1. The van der Waals surface area contributed by atoms with Crippen molar-refractivity contribution >= 4 is 5.91 Å². The van der Waals surface area contributed by atoms with E-state index in [9.17, 15) is 9.90 Å². The summed E-state index contributed by atoms with van der Waals surface area (Å²) in [5, 5.41) is 16.6. The van der Waals surface area contributed by atoms with E-state index in [0.717, 1.165) is 56.8 Å². The molecule has 6 heteroatoms. The molecule has 2 aliphatic rings. The number of ether oxygens (including phenoxy) is 1. The van der Waals surface area contributed by atoms with Crippen molar-refractivity contribution in [1.82, 2.24) is 15.5 Å². The largest absolute Gasteiger partial charge is 0.483 e. The molecule has 2 aromatic rings. The number of hydrogen-bond acceptors (Lipinski definition) is 5. The molecule has 0 unspecified atom stereocenters. The van der Waals surface area contributed by atoms with Gasteiger partial charge in [-0.25, -0.2) is 0 Å². The van der Waals surface area contributed by atoms with Gasteiger partial charge in [0.05, 0.1) is 6.10 Å². The second-order valence-electron chi connectivity index (χ2n) is 8.58. The van der Waals surface area contributed by atoms with E-state index < -0.39 is 6.10 Å². The first kappa shape index (κ1) is 21.8. The van der Waals surface area contributed by atoms with Crippen LogP contribution in [-0.2, 0) is 17.8 Å². The Bertz CT molecular complexity index is 867. The molecule has 31 heavy (non-hydrogen) atoms. The van der Waals surface area contributed by atoms with Crippen LogP contribution in [-0.4, -0.2) is 61.3 Å². The Hall–Kier alpha value is -2.41. The van der Waals surface area contributed by atoms with Gasteiger partial charge in [-0.05, 0) is 48.6 Å². The molecule has 2 aromatic carbocycles. The third kappa shape index (κ3) is 6.06. The average Bonchev–Trinajstić information content (AvgIpc) is 2.82. The molecule has 0 aromatic heterocycles. The lowest BCUT2D eigenvalue weighted by molar-refractivity contribution is -0.123. The highest BCUT2D eigenvalue weighted by molar-refractivity contribution is 5.77. The summed E-state index contributed by atoms with van der Waals surface area (Å²) in [7, 11) is 0. The predicted molar refractivity (Wildman–Crippen MR) is 121 cm³/mol. The second-order valence-corrected chi connectivity index (χ2v) is 8.58. The topological polar surface area (TPSA) is 73.8 Å². The highest BCUT2D eigenvalue weighted by atomic mass is 16.5. The summed E-state index contributed by atoms with van der Waals surface area (Å²) < 4.78 is 5.84. The van der Waals surface area contributed by atoms with E-state index >= 15 is 0 Å². The first-order valence-electron chi connectivity index (χ1n) is 11.4. The summed E-state index contributed by atoms with van der Waals surface area (Å²) in [6.07, 6.45) is 2.68. The van der Waals surface area contributed by atoms with Gasteiger partial charge in [0.1, 0.15) is 5.75 Å². The molecule has 4 rings (SSSR count). The number of aliphatic hydroxyl groups excluding tert-OH is 1. The van der Waals surface area contributed by atoms with E-state index in [4.69, 9.17) is 4.74 Å². The zero-order valence-corrected chi connectivity index (χ0v) is 18.1. The first-order chi connectivity index (χ1) is 15.2. The third-order valence-corrected chi connectivity index (χ3v) is 6.23. The normalized spacial score (nSPS) is 20.0. The number of nitrogens with zero attached hydrogens (tertiary/aromatic N) is 1. The number of aliphatic hydroxyl groups is 1. The first-order valence-corrected chi connectivity index (χ1v) is 11.4. The standard InChI is InChI=1S/C25H33N3O3/c29-22(17-28-13-11-19-6-1-2-7-21(19)16-28)15-27-25(30)18-31-24-10-4-3-9-23(24)20-8-5-12-26-14-20/h1-4,6-7,9-10,20,22,26,29H,5,8,11-18H2,(H,27,30)/t20-,22-/m0/s1. The molecule has 3 N–H and O–H groups in total. The fourth-order valence-corrected chi connectivity index (χ4v) is 4.57. The minimum atomic E-state index is -0.602. The smallest absolute Gasteiger partial charge is 0.258 e. The van der Waals surface area contributed by atoms with Gasteiger partial charge in [-0.3, -0.25) is 9.69 Å². The van der Waals surface area contributed by atoms with Crippen LogP contribution in [0.1, 0.15) is 35.4 Å². The Labute approximate surface area is 184 Å². The van der Waals surface area contributed by atoms with Crippen molar-refractivity contribution in [3.63, 3.8) is 0 Å². The van der Waals surface area contributed by atoms with Crippen LogP contribution in [0.2, 0.25) is 0 Å². The number of rotatable bonds is 8. The van der Waals surface area contributed by atoms with Crippen molar-refractivity contribution in [3.05, 3.63) is 65.2 Å². The molecule has 1 saturated heterocycles. The summed E-state index contributed by atoms with van der Waals surface area (Å²) in [6, 6.07) is 16.4. The van der Waals surface area contributed by atoms with Crippen molar-refractivity contribution in [3.8, 4) is 5.75 Å². The van der Waals surface area contributed by atoms with E-state index in [1.165, 1.54) is 11.1 Å². The van der Waals surface area contributed by atoms with Crippen LogP contribution in [0.5, 0.6) is 5.75 Å². The predicted octanol–water partition coefficient (Wildman–Crippen LogP) is 2.07. The Balaban J connectivity index is 1.20. The number of β-amino-alcohol motifs (C(OH)–C–C–N with tert-alkyl or cyclic N) is 1. The van der Waals surface area contributed by atoms with E-state index in [1.807, 2.05) is 18.2 Å². The lowest BCUT2D eigenvalue weighted by Crippen LogP contribution is -2.42. The van der Waals surface area contributed by atoms with Crippen molar-refractivity contribution in [2.24, 2.45) is 0 Å². The Morgan fingerprint density at radius 1 is 1.19 bits per heavy atom. The van der Waals surface area contributed by atoms with Crippen molar-refractivity contribution in [2.75, 3.05) is 39.3 Å². The van der Waals surface area contributed by atoms with Gasteiger partial charge < -0.3 is 20.5 Å². The van der Waals surface area contributed by atoms with Crippen LogP contribution in [0.4, 0.5) is 0 Å². The molecule has 2 aliphatic heterocycles. The monoisotopic (exact) mass is 423 g/mol. The third-order valence-electron chi connectivity index (χ3n) is 6.23. The van der Waals surface area contributed by atoms with Crippen molar-refractivity contribution in [1.29, 1.82) is 0 Å². The number of nitrogens with one attached hydrogen (secondary N) is 2. The second kappa shape index (κ2) is 10.8. The van der Waals surface area contributed by atoms with Crippen LogP contribution >= 0.6 is 0 Å². The maximum absolute atomic E-state index is 12.3. The molecule has 0 saturated carbocycles. The van der Waals surface area contributed by atoms with Gasteiger partial charge in [0.2, 0.25) is 0 Å². The summed E-state index contributed by atoms with van der Waals surface area (Å²) in [5.74, 6) is 0.989. The van der Waals surface area contributed by atoms with Crippen LogP contribution in [0.25, 0.3) is 0 Å². The summed E-state index contributed by atoms with van der Waals surface area (Å²) in [4.78, 5) is 14.5. The minimum absolute atomic E-state index is 0.0407. The number of benzene rings is 2. The van der Waals surface area contributed by atoms with Gasteiger partial charge in [0.25, 0.3) is 5.91 Å². The van der Waals surface area contributed by atoms with Crippen LogP contribution in [0.3, 0.4) is 0 Å². The zero-order chi connectivity index (χ0) is 21.5. The maximum atomic E-state index is 12.3. The molecular formula is C25H33N3O3. The Morgan fingerprint density at radius 3 is 2.84 bits per heavy atom. The van der Waals surface area contributed by atoms with Crippen molar-refractivity contribution in [2.45, 2.75) is 37.8 Å². The number of carbonyl (C=O) groups is 1. The molecule has 0 radical (unpaired) electrons. The lowest BCUT2D eigenvalue weighted by Gasteiger charge is -2.30.